The third-order valence-electron chi connectivity index (χ3n) is 6.06. The molecule has 6 heteroatoms. The fourth-order valence-corrected chi connectivity index (χ4v) is 4.55. The number of benzene rings is 1. The zero-order chi connectivity index (χ0) is 22.1. The van der Waals surface area contributed by atoms with Crippen LogP contribution in [0.5, 0.6) is 5.75 Å². The number of aromatic amines is 1. The van der Waals surface area contributed by atoms with Gasteiger partial charge in [0.15, 0.2) is 6.23 Å². The van der Waals surface area contributed by atoms with Gasteiger partial charge in [-0.3, -0.25) is 14.7 Å². The van der Waals surface area contributed by atoms with Crippen LogP contribution in [-0.4, -0.2) is 46.6 Å². The Bertz CT molecular complexity index is 1090. The number of nitrogens with zero attached hydrogens (tertiary/aromatic N) is 2. The molecule has 4 rings (SSSR count). The zero-order valence-corrected chi connectivity index (χ0v) is 19.0. The summed E-state index contributed by atoms with van der Waals surface area (Å²) in [6.07, 6.45) is 3.52. The zero-order valence-electron chi connectivity index (χ0n) is 19.0. The number of fused-ring (bicyclic) bond motifs is 1. The molecule has 2 N–H and O–H groups in total. The van der Waals surface area contributed by atoms with E-state index in [1.807, 2.05) is 19.2 Å². The maximum atomic E-state index is 11.5. The van der Waals surface area contributed by atoms with Crippen molar-refractivity contribution in [3.05, 3.63) is 47.8 Å². The third-order valence-corrected chi connectivity index (χ3v) is 6.06. The molecule has 6 nitrogen and oxygen atoms in total. The lowest BCUT2D eigenvalue weighted by Gasteiger charge is -2.37. The number of aromatic nitrogens is 2. The number of H-pyrrole nitrogens is 1. The van der Waals surface area contributed by atoms with Gasteiger partial charge in [-0.2, -0.15) is 0 Å². The number of rotatable bonds is 5. The highest BCUT2D eigenvalue weighted by Gasteiger charge is 2.28. The van der Waals surface area contributed by atoms with Gasteiger partial charge in [0.25, 0.3) is 0 Å². The molecule has 1 fully saturated rings. The molecule has 3 heterocycles. The maximum Gasteiger partial charge on any atom is 0.217 e. The van der Waals surface area contributed by atoms with Crippen molar-refractivity contribution in [2.45, 2.75) is 58.7 Å². The smallest absolute Gasteiger partial charge is 0.217 e. The van der Waals surface area contributed by atoms with Crippen molar-refractivity contribution < 1.29 is 9.53 Å². The Hall–Kier alpha value is -2.86. The Labute approximate surface area is 184 Å². The lowest BCUT2D eigenvalue weighted by Crippen LogP contribution is -2.50. The normalized spacial score (nSPS) is 19.7. The van der Waals surface area contributed by atoms with E-state index in [-0.39, 0.29) is 18.2 Å². The standard InChI is InChI=1S/C25H32N4O2/c1-15(2)24-21-14-20(31-23-13-19(27-17(4)30)9-11-29(23)5)6-7-22(21)28-25(24)18-8-10-26-16(3)12-18/h6-8,10,12,14-15,19,23,28H,9,11,13H2,1-5H3,(H,27,30). The molecule has 0 saturated carbocycles. The minimum absolute atomic E-state index is 0.0162. The van der Waals surface area contributed by atoms with E-state index in [0.717, 1.165) is 47.6 Å². The Kier molecular flexibility index (Phi) is 6.01. The summed E-state index contributed by atoms with van der Waals surface area (Å²) in [6.45, 7) is 8.93. The molecule has 2 aromatic heterocycles. The minimum Gasteiger partial charge on any atom is -0.475 e. The number of pyridine rings is 1. The topological polar surface area (TPSA) is 70.2 Å². The first kappa shape index (κ1) is 21.4. The van der Waals surface area contributed by atoms with E-state index in [1.54, 1.807) is 6.92 Å². The number of aryl methyl sites for hydroxylation is 1. The van der Waals surface area contributed by atoms with Crippen LogP contribution in [0.2, 0.25) is 0 Å². The van der Waals surface area contributed by atoms with E-state index in [1.165, 1.54) is 10.9 Å². The van der Waals surface area contributed by atoms with E-state index in [9.17, 15) is 4.79 Å². The first-order valence-corrected chi connectivity index (χ1v) is 11.0. The lowest BCUT2D eigenvalue weighted by atomic mass is 9.96. The predicted molar refractivity (Wildman–Crippen MR) is 124 cm³/mol. The average molecular weight is 421 g/mol. The molecule has 2 unspecified atom stereocenters. The van der Waals surface area contributed by atoms with Crippen molar-refractivity contribution >= 4 is 16.8 Å². The van der Waals surface area contributed by atoms with Crippen LogP contribution in [-0.2, 0) is 4.79 Å². The van der Waals surface area contributed by atoms with Crippen molar-refractivity contribution in [3.8, 4) is 17.0 Å². The molecule has 1 aliphatic heterocycles. The van der Waals surface area contributed by atoms with Crippen molar-refractivity contribution in [3.63, 3.8) is 0 Å². The average Bonchev–Trinajstić information content (AvgIpc) is 3.09. The molecular formula is C25H32N4O2. The van der Waals surface area contributed by atoms with Crippen molar-refractivity contribution in [2.24, 2.45) is 0 Å². The van der Waals surface area contributed by atoms with E-state index in [2.05, 4.69) is 65.3 Å². The number of hydrogen-bond donors (Lipinski definition) is 2. The number of piperidine rings is 1. The number of ether oxygens (including phenoxy) is 1. The van der Waals surface area contributed by atoms with Crippen LogP contribution >= 0.6 is 0 Å². The summed E-state index contributed by atoms with van der Waals surface area (Å²) in [5, 5.41) is 4.23. The highest BCUT2D eigenvalue weighted by atomic mass is 16.5. The Balaban J connectivity index is 1.66. The van der Waals surface area contributed by atoms with E-state index in [0.29, 0.717) is 5.92 Å². The molecule has 1 aromatic carbocycles. The molecule has 1 aliphatic rings. The van der Waals surface area contributed by atoms with Crippen LogP contribution in [0.3, 0.4) is 0 Å². The van der Waals surface area contributed by atoms with Gasteiger partial charge in [-0.15, -0.1) is 0 Å². The van der Waals surface area contributed by atoms with Gasteiger partial charge in [0, 0.05) is 54.3 Å². The highest BCUT2D eigenvalue weighted by Crippen LogP contribution is 2.37. The second kappa shape index (κ2) is 8.71. The fraction of sp³-hybridized carbons (Fsp3) is 0.440. The highest BCUT2D eigenvalue weighted by molar-refractivity contribution is 5.92. The number of likely N-dealkylation sites (tertiary alicyclic amines) is 1. The molecule has 1 saturated heterocycles. The minimum atomic E-state index is -0.0631. The maximum absolute atomic E-state index is 11.5. The van der Waals surface area contributed by atoms with Crippen molar-refractivity contribution in [1.82, 2.24) is 20.2 Å². The summed E-state index contributed by atoms with van der Waals surface area (Å²) in [7, 11) is 2.08. The predicted octanol–water partition coefficient (Wildman–Crippen LogP) is 4.60. The van der Waals surface area contributed by atoms with Gasteiger partial charge in [0.1, 0.15) is 5.75 Å². The molecule has 164 valence electrons. The molecule has 3 aromatic rings. The van der Waals surface area contributed by atoms with Crippen LogP contribution in [0, 0.1) is 6.92 Å². The summed E-state index contributed by atoms with van der Waals surface area (Å²) in [4.78, 5) is 21.6. The van der Waals surface area contributed by atoms with E-state index >= 15 is 0 Å². The first-order chi connectivity index (χ1) is 14.8. The van der Waals surface area contributed by atoms with Gasteiger partial charge in [0.2, 0.25) is 5.91 Å². The third kappa shape index (κ3) is 4.59. The number of carbonyl (C=O) groups is 1. The summed E-state index contributed by atoms with van der Waals surface area (Å²) in [5.41, 5.74) is 5.70. The second-order valence-corrected chi connectivity index (χ2v) is 8.94. The van der Waals surface area contributed by atoms with Crippen LogP contribution in [0.1, 0.15) is 50.8 Å². The number of nitrogens with one attached hydrogen (secondary N) is 2. The molecule has 31 heavy (non-hydrogen) atoms. The van der Waals surface area contributed by atoms with Gasteiger partial charge >= 0.3 is 0 Å². The van der Waals surface area contributed by atoms with Gasteiger partial charge in [-0.25, -0.2) is 0 Å². The van der Waals surface area contributed by atoms with Crippen LogP contribution in [0.25, 0.3) is 22.2 Å². The SMILES string of the molecule is CC(=O)NC1CCN(C)C(Oc2ccc3[nH]c(-c4ccnc(C)c4)c(C(C)C)c3c2)C1. The number of amides is 1. The molecule has 0 radical (unpaired) electrons. The Morgan fingerprint density at radius 1 is 1.29 bits per heavy atom. The van der Waals surface area contributed by atoms with Crippen molar-refractivity contribution in [2.75, 3.05) is 13.6 Å². The van der Waals surface area contributed by atoms with Gasteiger partial charge in [-0.05, 0) is 62.2 Å². The molecule has 0 aliphatic carbocycles. The molecule has 0 bridgehead atoms. The first-order valence-electron chi connectivity index (χ1n) is 11.0. The van der Waals surface area contributed by atoms with Crippen LogP contribution in [0.4, 0.5) is 0 Å². The Morgan fingerprint density at radius 2 is 2.10 bits per heavy atom. The quantitative estimate of drug-likeness (QED) is 0.633. The van der Waals surface area contributed by atoms with Gasteiger partial charge in [0.05, 0.1) is 5.69 Å². The van der Waals surface area contributed by atoms with Crippen LogP contribution in [0.15, 0.2) is 36.5 Å². The molecule has 2 atom stereocenters. The van der Waals surface area contributed by atoms with Crippen LogP contribution < -0.4 is 10.1 Å². The van der Waals surface area contributed by atoms with Gasteiger partial charge < -0.3 is 15.0 Å². The summed E-state index contributed by atoms with van der Waals surface area (Å²) in [6, 6.07) is 10.6. The van der Waals surface area contributed by atoms with Gasteiger partial charge in [-0.1, -0.05) is 13.8 Å². The Morgan fingerprint density at radius 3 is 2.81 bits per heavy atom. The second-order valence-electron chi connectivity index (χ2n) is 8.94. The largest absolute Gasteiger partial charge is 0.475 e. The van der Waals surface area contributed by atoms with Crippen molar-refractivity contribution in [1.29, 1.82) is 0 Å². The molecule has 1 amide bonds. The fourth-order valence-electron chi connectivity index (χ4n) is 4.55. The number of carbonyl (C=O) groups excluding carboxylic acids is 1. The van der Waals surface area contributed by atoms with E-state index in [4.69, 9.17) is 4.74 Å². The molecular weight excluding hydrogens is 388 g/mol. The lowest BCUT2D eigenvalue weighted by molar-refractivity contribution is -0.120. The summed E-state index contributed by atoms with van der Waals surface area (Å²) >= 11 is 0. The monoisotopic (exact) mass is 420 g/mol. The summed E-state index contributed by atoms with van der Waals surface area (Å²) < 4.78 is 6.41. The van der Waals surface area contributed by atoms with E-state index < -0.39 is 0 Å². The summed E-state index contributed by atoms with van der Waals surface area (Å²) in [5.74, 6) is 1.22. The molecule has 0 spiro atoms. The number of hydrogen-bond acceptors (Lipinski definition) is 4.